The number of nitrogens with one attached hydrogen (secondary N) is 2. The summed E-state index contributed by atoms with van der Waals surface area (Å²) in [5, 5.41) is 15.1. The molecule has 0 unspecified atom stereocenters. The minimum absolute atomic E-state index is 0.114. The van der Waals surface area contributed by atoms with Crippen LogP contribution in [-0.4, -0.2) is 27.9 Å². The van der Waals surface area contributed by atoms with Crippen molar-refractivity contribution in [2.24, 2.45) is 0 Å². The highest BCUT2D eigenvalue weighted by atomic mass is 35.5. The summed E-state index contributed by atoms with van der Waals surface area (Å²) in [6, 6.07) is 7.17. The van der Waals surface area contributed by atoms with Gasteiger partial charge in [0.1, 0.15) is 0 Å². The molecule has 0 aliphatic heterocycles. The molecule has 1 aromatic heterocycles. The molecule has 5 nitrogen and oxygen atoms in total. The SMILES string of the molecule is CCCNc1nnc(S[C@@H](C)C(=O)Nc2ccccc2Cl)s1. The van der Waals surface area contributed by atoms with Crippen LogP contribution in [0, 0.1) is 0 Å². The number of nitrogens with zero attached hydrogens (tertiary/aromatic N) is 2. The van der Waals surface area contributed by atoms with E-state index in [1.165, 1.54) is 23.1 Å². The van der Waals surface area contributed by atoms with Gasteiger partial charge in [-0.1, -0.05) is 53.8 Å². The van der Waals surface area contributed by atoms with E-state index in [1.54, 1.807) is 12.1 Å². The number of hydrogen-bond donors (Lipinski definition) is 2. The average Bonchev–Trinajstić information content (AvgIpc) is 2.94. The molecule has 0 bridgehead atoms. The van der Waals surface area contributed by atoms with Gasteiger partial charge in [0.05, 0.1) is 16.0 Å². The van der Waals surface area contributed by atoms with Gasteiger partial charge in [-0.25, -0.2) is 0 Å². The van der Waals surface area contributed by atoms with Crippen molar-refractivity contribution >= 4 is 51.4 Å². The Morgan fingerprint density at radius 2 is 2.18 bits per heavy atom. The summed E-state index contributed by atoms with van der Waals surface area (Å²) in [5.41, 5.74) is 0.615. The van der Waals surface area contributed by atoms with Crippen molar-refractivity contribution in [2.45, 2.75) is 29.9 Å². The van der Waals surface area contributed by atoms with Crippen molar-refractivity contribution in [3.8, 4) is 0 Å². The van der Waals surface area contributed by atoms with E-state index < -0.39 is 0 Å². The first-order chi connectivity index (χ1) is 10.6. The van der Waals surface area contributed by atoms with Crippen LogP contribution in [0.25, 0.3) is 0 Å². The van der Waals surface area contributed by atoms with Crippen molar-refractivity contribution in [1.29, 1.82) is 0 Å². The second kappa shape index (κ2) is 8.36. The highest BCUT2D eigenvalue weighted by Crippen LogP contribution is 2.30. The summed E-state index contributed by atoms with van der Waals surface area (Å²) >= 11 is 8.87. The van der Waals surface area contributed by atoms with Crippen LogP contribution in [0.5, 0.6) is 0 Å². The van der Waals surface area contributed by atoms with E-state index in [0.29, 0.717) is 10.7 Å². The van der Waals surface area contributed by atoms with Crippen molar-refractivity contribution in [3.05, 3.63) is 29.3 Å². The number of carbonyl (C=O) groups is 1. The van der Waals surface area contributed by atoms with Gasteiger partial charge in [0.2, 0.25) is 11.0 Å². The van der Waals surface area contributed by atoms with Gasteiger partial charge < -0.3 is 10.6 Å². The molecule has 1 amide bonds. The summed E-state index contributed by atoms with van der Waals surface area (Å²) in [7, 11) is 0. The average molecular weight is 357 g/mol. The van der Waals surface area contributed by atoms with Crippen molar-refractivity contribution in [1.82, 2.24) is 10.2 Å². The van der Waals surface area contributed by atoms with Crippen LogP contribution < -0.4 is 10.6 Å². The number of aromatic nitrogens is 2. The van der Waals surface area contributed by atoms with Crippen LogP contribution in [0.3, 0.4) is 0 Å². The van der Waals surface area contributed by atoms with Crippen LogP contribution in [0.1, 0.15) is 20.3 Å². The molecule has 0 saturated carbocycles. The van der Waals surface area contributed by atoms with Gasteiger partial charge in [0.15, 0.2) is 4.34 Å². The Labute approximate surface area is 142 Å². The summed E-state index contributed by atoms with van der Waals surface area (Å²) < 4.78 is 0.764. The lowest BCUT2D eigenvalue weighted by Gasteiger charge is -2.11. The van der Waals surface area contributed by atoms with Crippen LogP contribution in [-0.2, 0) is 4.79 Å². The Hall–Kier alpha value is -1.31. The first-order valence-corrected chi connectivity index (χ1v) is 8.97. The summed E-state index contributed by atoms with van der Waals surface area (Å²) in [6.45, 7) is 4.78. The largest absolute Gasteiger partial charge is 0.360 e. The zero-order valence-electron chi connectivity index (χ0n) is 12.3. The number of amides is 1. The molecule has 0 aliphatic carbocycles. The van der Waals surface area contributed by atoms with Gasteiger partial charge in [-0.15, -0.1) is 10.2 Å². The Kier molecular flexibility index (Phi) is 6.48. The third-order valence-corrected chi connectivity index (χ3v) is 5.11. The molecule has 0 aliphatic rings. The predicted octanol–water partition coefficient (Wildman–Crippen LogP) is 4.13. The van der Waals surface area contributed by atoms with Crippen LogP contribution in [0.4, 0.5) is 10.8 Å². The molecule has 8 heteroatoms. The van der Waals surface area contributed by atoms with E-state index in [9.17, 15) is 4.79 Å². The molecule has 0 radical (unpaired) electrons. The summed E-state index contributed by atoms with van der Waals surface area (Å²) in [6.07, 6.45) is 1.03. The lowest BCUT2D eigenvalue weighted by atomic mass is 10.3. The number of thioether (sulfide) groups is 1. The van der Waals surface area contributed by atoms with E-state index in [-0.39, 0.29) is 11.2 Å². The molecule has 2 N–H and O–H groups in total. The Morgan fingerprint density at radius 3 is 2.91 bits per heavy atom. The number of carbonyl (C=O) groups excluding carboxylic acids is 1. The van der Waals surface area contributed by atoms with E-state index in [0.717, 1.165) is 22.4 Å². The van der Waals surface area contributed by atoms with Crippen molar-refractivity contribution in [2.75, 3.05) is 17.2 Å². The number of anilines is 2. The molecule has 22 heavy (non-hydrogen) atoms. The lowest BCUT2D eigenvalue weighted by Crippen LogP contribution is -2.22. The first kappa shape index (κ1) is 17.1. The molecular formula is C14H17ClN4OS2. The van der Waals surface area contributed by atoms with Crippen LogP contribution in [0.15, 0.2) is 28.6 Å². The van der Waals surface area contributed by atoms with Crippen molar-refractivity contribution < 1.29 is 4.79 Å². The van der Waals surface area contributed by atoms with E-state index in [2.05, 4.69) is 27.8 Å². The zero-order chi connectivity index (χ0) is 15.9. The maximum absolute atomic E-state index is 12.2. The monoisotopic (exact) mass is 356 g/mol. The predicted molar refractivity (Wildman–Crippen MR) is 94.1 cm³/mol. The van der Waals surface area contributed by atoms with E-state index in [4.69, 9.17) is 11.6 Å². The van der Waals surface area contributed by atoms with E-state index >= 15 is 0 Å². The van der Waals surface area contributed by atoms with E-state index in [1.807, 2.05) is 19.1 Å². The summed E-state index contributed by atoms with van der Waals surface area (Å²) in [4.78, 5) is 12.2. The third-order valence-electron chi connectivity index (χ3n) is 2.71. The molecule has 0 saturated heterocycles. The normalized spacial score (nSPS) is 12.0. The molecule has 0 spiro atoms. The Balaban J connectivity index is 1.91. The fraction of sp³-hybridized carbons (Fsp3) is 0.357. The quantitative estimate of drug-likeness (QED) is 0.730. The second-order valence-electron chi connectivity index (χ2n) is 4.53. The molecule has 2 aromatic rings. The lowest BCUT2D eigenvalue weighted by molar-refractivity contribution is -0.115. The number of hydrogen-bond acceptors (Lipinski definition) is 6. The fourth-order valence-electron chi connectivity index (χ4n) is 1.56. The highest BCUT2D eigenvalue weighted by Gasteiger charge is 2.18. The van der Waals surface area contributed by atoms with Gasteiger partial charge in [0, 0.05) is 6.54 Å². The van der Waals surface area contributed by atoms with Crippen molar-refractivity contribution in [3.63, 3.8) is 0 Å². The second-order valence-corrected chi connectivity index (χ2v) is 7.50. The molecule has 0 fully saturated rings. The molecule has 1 aromatic carbocycles. The first-order valence-electron chi connectivity index (χ1n) is 6.89. The fourth-order valence-corrected chi connectivity index (χ4v) is 3.67. The standard InChI is InChI=1S/C14H17ClN4OS2/c1-3-8-16-13-18-19-14(22-13)21-9(2)12(20)17-11-7-5-4-6-10(11)15/h4-7,9H,3,8H2,1-2H3,(H,16,18)(H,17,20)/t9-/m0/s1. The number of halogens is 1. The van der Waals surface area contributed by atoms with Gasteiger partial charge in [-0.05, 0) is 25.5 Å². The highest BCUT2D eigenvalue weighted by molar-refractivity contribution is 8.02. The minimum atomic E-state index is -0.289. The maximum Gasteiger partial charge on any atom is 0.237 e. The molecule has 1 heterocycles. The van der Waals surface area contributed by atoms with Gasteiger partial charge >= 0.3 is 0 Å². The Morgan fingerprint density at radius 1 is 1.41 bits per heavy atom. The molecule has 118 valence electrons. The topological polar surface area (TPSA) is 66.9 Å². The number of rotatable bonds is 7. The number of para-hydroxylation sites is 1. The molecule has 1 atom stereocenters. The van der Waals surface area contributed by atoms with Gasteiger partial charge in [0.25, 0.3) is 0 Å². The maximum atomic E-state index is 12.2. The number of benzene rings is 1. The van der Waals surface area contributed by atoms with Gasteiger partial charge in [-0.2, -0.15) is 0 Å². The third kappa shape index (κ3) is 4.86. The Bertz CT molecular complexity index is 635. The van der Waals surface area contributed by atoms with Crippen LogP contribution >= 0.6 is 34.7 Å². The van der Waals surface area contributed by atoms with Crippen LogP contribution in [0.2, 0.25) is 5.02 Å². The summed E-state index contributed by atoms with van der Waals surface area (Å²) in [5.74, 6) is -0.114. The smallest absolute Gasteiger partial charge is 0.237 e. The minimum Gasteiger partial charge on any atom is -0.360 e. The zero-order valence-corrected chi connectivity index (χ0v) is 14.7. The molecule has 2 rings (SSSR count). The molecular weight excluding hydrogens is 340 g/mol. The van der Waals surface area contributed by atoms with Gasteiger partial charge in [-0.3, -0.25) is 4.79 Å².